The van der Waals surface area contributed by atoms with Crippen molar-refractivity contribution < 1.29 is 4.39 Å². The van der Waals surface area contributed by atoms with Crippen LogP contribution in [0.4, 0.5) is 4.39 Å². The SMILES string of the molecule is CC(C)n1c(-c2ccc(CN)cc2)nc2ccc(F)cc21. The standard InChI is InChI=1S/C17H18FN3/c1-11(2)21-16-9-14(18)7-8-15(16)20-17(21)13-5-3-12(10-19)4-6-13/h3-9,11H,10,19H2,1-2H3. The summed E-state index contributed by atoms with van der Waals surface area (Å²) in [5, 5.41) is 0. The van der Waals surface area contributed by atoms with Gasteiger partial charge in [-0.15, -0.1) is 0 Å². The molecule has 0 radical (unpaired) electrons. The number of rotatable bonds is 3. The molecule has 0 saturated carbocycles. The molecule has 0 aliphatic heterocycles. The van der Waals surface area contributed by atoms with Gasteiger partial charge in [0.05, 0.1) is 11.0 Å². The number of hydrogen-bond donors (Lipinski definition) is 1. The van der Waals surface area contributed by atoms with E-state index in [-0.39, 0.29) is 11.9 Å². The van der Waals surface area contributed by atoms with Crippen molar-refractivity contribution in [2.45, 2.75) is 26.4 Å². The highest BCUT2D eigenvalue weighted by molar-refractivity contribution is 5.81. The van der Waals surface area contributed by atoms with E-state index in [1.807, 2.05) is 24.3 Å². The summed E-state index contributed by atoms with van der Waals surface area (Å²) < 4.78 is 15.6. The smallest absolute Gasteiger partial charge is 0.141 e. The Bertz CT molecular complexity index is 773. The maximum Gasteiger partial charge on any atom is 0.141 e. The second kappa shape index (κ2) is 5.30. The lowest BCUT2D eigenvalue weighted by molar-refractivity contribution is 0.613. The first-order valence-corrected chi connectivity index (χ1v) is 7.07. The van der Waals surface area contributed by atoms with Gasteiger partial charge in [0.15, 0.2) is 0 Å². The molecule has 1 heterocycles. The summed E-state index contributed by atoms with van der Waals surface area (Å²) in [5.41, 5.74) is 9.35. The first kappa shape index (κ1) is 13.8. The highest BCUT2D eigenvalue weighted by atomic mass is 19.1. The van der Waals surface area contributed by atoms with Crippen LogP contribution in [0.5, 0.6) is 0 Å². The van der Waals surface area contributed by atoms with Gasteiger partial charge in [-0.1, -0.05) is 24.3 Å². The van der Waals surface area contributed by atoms with Gasteiger partial charge in [0.25, 0.3) is 0 Å². The van der Waals surface area contributed by atoms with Crippen molar-refractivity contribution in [1.29, 1.82) is 0 Å². The lowest BCUT2D eigenvalue weighted by Crippen LogP contribution is -2.03. The summed E-state index contributed by atoms with van der Waals surface area (Å²) in [6.07, 6.45) is 0. The molecule has 108 valence electrons. The van der Waals surface area contributed by atoms with Gasteiger partial charge in [-0.05, 0) is 37.6 Å². The Morgan fingerprint density at radius 2 is 1.86 bits per heavy atom. The first-order valence-electron chi connectivity index (χ1n) is 7.07. The quantitative estimate of drug-likeness (QED) is 0.792. The van der Waals surface area contributed by atoms with E-state index >= 15 is 0 Å². The Labute approximate surface area is 123 Å². The zero-order chi connectivity index (χ0) is 15.0. The normalized spacial score (nSPS) is 11.5. The van der Waals surface area contributed by atoms with Crippen molar-refractivity contribution in [2.24, 2.45) is 5.73 Å². The minimum atomic E-state index is -0.241. The summed E-state index contributed by atoms with van der Waals surface area (Å²) in [5.74, 6) is 0.614. The van der Waals surface area contributed by atoms with Crippen LogP contribution in [-0.4, -0.2) is 9.55 Å². The Morgan fingerprint density at radius 1 is 1.14 bits per heavy atom. The van der Waals surface area contributed by atoms with Gasteiger partial charge in [-0.3, -0.25) is 0 Å². The fraction of sp³-hybridized carbons (Fsp3) is 0.235. The number of nitrogens with zero attached hydrogens (tertiary/aromatic N) is 2. The fourth-order valence-electron chi connectivity index (χ4n) is 2.58. The Kier molecular flexibility index (Phi) is 3.47. The van der Waals surface area contributed by atoms with Crippen LogP contribution in [0.15, 0.2) is 42.5 Å². The maximum atomic E-state index is 13.5. The fourth-order valence-corrected chi connectivity index (χ4v) is 2.58. The van der Waals surface area contributed by atoms with Crippen LogP contribution >= 0.6 is 0 Å². The predicted molar refractivity (Wildman–Crippen MR) is 83.4 cm³/mol. The second-order valence-electron chi connectivity index (χ2n) is 5.43. The van der Waals surface area contributed by atoms with Crippen molar-refractivity contribution >= 4 is 11.0 Å². The molecule has 2 N–H and O–H groups in total. The van der Waals surface area contributed by atoms with E-state index in [0.717, 1.165) is 28.0 Å². The van der Waals surface area contributed by atoms with Crippen LogP contribution in [0.1, 0.15) is 25.5 Å². The van der Waals surface area contributed by atoms with E-state index in [4.69, 9.17) is 5.73 Å². The van der Waals surface area contributed by atoms with Gasteiger partial charge in [-0.25, -0.2) is 9.37 Å². The molecule has 3 aromatic rings. The zero-order valence-electron chi connectivity index (χ0n) is 12.2. The molecule has 21 heavy (non-hydrogen) atoms. The molecule has 1 aromatic heterocycles. The Balaban J connectivity index is 2.23. The van der Waals surface area contributed by atoms with E-state index in [1.165, 1.54) is 6.07 Å². The number of aromatic nitrogens is 2. The Hall–Kier alpha value is -2.20. The molecule has 0 spiro atoms. The number of halogens is 1. The average Bonchev–Trinajstić information content (AvgIpc) is 2.86. The number of fused-ring (bicyclic) bond motifs is 1. The molecule has 2 aromatic carbocycles. The van der Waals surface area contributed by atoms with Crippen molar-refractivity contribution in [3.05, 3.63) is 53.8 Å². The van der Waals surface area contributed by atoms with Gasteiger partial charge < -0.3 is 10.3 Å². The molecular formula is C17H18FN3. The lowest BCUT2D eigenvalue weighted by atomic mass is 10.1. The third kappa shape index (κ3) is 2.43. The predicted octanol–water partition coefficient (Wildman–Crippen LogP) is 3.88. The van der Waals surface area contributed by atoms with Crippen LogP contribution in [0, 0.1) is 5.82 Å². The second-order valence-corrected chi connectivity index (χ2v) is 5.43. The van der Waals surface area contributed by atoms with Crippen LogP contribution < -0.4 is 5.73 Å². The van der Waals surface area contributed by atoms with Gasteiger partial charge in [0.1, 0.15) is 11.6 Å². The van der Waals surface area contributed by atoms with Crippen LogP contribution in [0.3, 0.4) is 0 Å². The number of hydrogen-bond acceptors (Lipinski definition) is 2. The highest BCUT2D eigenvalue weighted by Gasteiger charge is 2.15. The summed E-state index contributed by atoms with van der Waals surface area (Å²) in [6.45, 7) is 4.67. The minimum absolute atomic E-state index is 0.195. The van der Waals surface area contributed by atoms with E-state index in [0.29, 0.717) is 6.54 Å². The zero-order valence-corrected chi connectivity index (χ0v) is 12.2. The van der Waals surface area contributed by atoms with Gasteiger partial charge in [0.2, 0.25) is 0 Å². The minimum Gasteiger partial charge on any atom is -0.326 e. The van der Waals surface area contributed by atoms with Crippen LogP contribution in [-0.2, 0) is 6.54 Å². The molecule has 0 aliphatic rings. The Morgan fingerprint density at radius 3 is 2.48 bits per heavy atom. The van der Waals surface area contributed by atoms with Crippen molar-refractivity contribution in [1.82, 2.24) is 9.55 Å². The summed E-state index contributed by atoms with van der Waals surface area (Å²) in [7, 11) is 0. The lowest BCUT2D eigenvalue weighted by Gasteiger charge is -2.13. The number of imidazole rings is 1. The van der Waals surface area contributed by atoms with E-state index in [9.17, 15) is 4.39 Å². The maximum absolute atomic E-state index is 13.5. The summed E-state index contributed by atoms with van der Waals surface area (Å²) in [6, 6.07) is 12.9. The summed E-state index contributed by atoms with van der Waals surface area (Å²) in [4.78, 5) is 4.67. The van der Waals surface area contributed by atoms with E-state index < -0.39 is 0 Å². The molecule has 3 rings (SSSR count). The van der Waals surface area contributed by atoms with E-state index in [1.54, 1.807) is 12.1 Å². The molecule has 0 aliphatic carbocycles. The molecule has 0 fully saturated rings. The van der Waals surface area contributed by atoms with Crippen molar-refractivity contribution in [3.63, 3.8) is 0 Å². The molecule has 0 bridgehead atoms. The van der Waals surface area contributed by atoms with Crippen molar-refractivity contribution in [3.8, 4) is 11.4 Å². The number of nitrogens with two attached hydrogens (primary N) is 1. The molecular weight excluding hydrogens is 265 g/mol. The third-order valence-electron chi connectivity index (χ3n) is 3.62. The van der Waals surface area contributed by atoms with Crippen LogP contribution in [0.25, 0.3) is 22.4 Å². The van der Waals surface area contributed by atoms with Crippen molar-refractivity contribution in [2.75, 3.05) is 0 Å². The topological polar surface area (TPSA) is 43.8 Å². The molecule has 0 unspecified atom stereocenters. The van der Waals surface area contributed by atoms with Gasteiger partial charge in [0, 0.05) is 18.2 Å². The van der Waals surface area contributed by atoms with E-state index in [2.05, 4.69) is 23.4 Å². The van der Waals surface area contributed by atoms with Gasteiger partial charge >= 0.3 is 0 Å². The van der Waals surface area contributed by atoms with Crippen LogP contribution in [0.2, 0.25) is 0 Å². The largest absolute Gasteiger partial charge is 0.326 e. The monoisotopic (exact) mass is 283 g/mol. The molecule has 3 nitrogen and oxygen atoms in total. The molecule has 0 atom stereocenters. The summed E-state index contributed by atoms with van der Waals surface area (Å²) >= 11 is 0. The highest BCUT2D eigenvalue weighted by Crippen LogP contribution is 2.29. The molecule has 0 saturated heterocycles. The third-order valence-corrected chi connectivity index (χ3v) is 3.62. The molecule has 0 amide bonds. The van der Waals surface area contributed by atoms with Gasteiger partial charge in [-0.2, -0.15) is 0 Å². The molecule has 4 heteroatoms. The number of benzene rings is 2. The first-order chi connectivity index (χ1) is 10.1. The average molecular weight is 283 g/mol.